The first kappa shape index (κ1) is 24.4. The summed E-state index contributed by atoms with van der Waals surface area (Å²) in [7, 11) is -4.06. The topological polar surface area (TPSA) is 142 Å². The molecule has 0 bridgehead atoms. The molecule has 1 fully saturated rings. The first-order valence-electron chi connectivity index (χ1n) is 10.7. The van der Waals surface area contributed by atoms with Crippen LogP contribution in [0.5, 0.6) is 5.75 Å². The predicted octanol–water partition coefficient (Wildman–Crippen LogP) is 2.50. The molecule has 34 heavy (non-hydrogen) atoms. The van der Waals surface area contributed by atoms with Crippen molar-refractivity contribution in [3.05, 3.63) is 76.0 Å². The van der Waals surface area contributed by atoms with Gasteiger partial charge in [0, 0.05) is 17.7 Å². The molecule has 4 rings (SSSR count). The van der Waals surface area contributed by atoms with E-state index in [-0.39, 0.29) is 24.2 Å². The molecule has 0 aliphatic heterocycles. The van der Waals surface area contributed by atoms with Gasteiger partial charge in [0.25, 0.3) is 0 Å². The van der Waals surface area contributed by atoms with Gasteiger partial charge in [-0.05, 0) is 48.8 Å². The molecule has 11 heteroatoms. The Kier molecular flexibility index (Phi) is 7.69. The monoisotopic (exact) mass is 503 g/mol. The van der Waals surface area contributed by atoms with Gasteiger partial charge >= 0.3 is 10.3 Å². The summed E-state index contributed by atoms with van der Waals surface area (Å²) in [5.41, 5.74) is 1.91. The van der Waals surface area contributed by atoms with Crippen LogP contribution >= 0.6 is 11.3 Å². The maximum absolute atomic E-state index is 13.2. The van der Waals surface area contributed by atoms with Crippen LogP contribution in [0.15, 0.2) is 54.3 Å². The number of rotatable bonds is 10. The van der Waals surface area contributed by atoms with Crippen LogP contribution in [-0.4, -0.2) is 42.0 Å². The van der Waals surface area contributed by atoms with Gasteiger partial charge in [-0.1, -0.05) is 18.2 Å². The van der Waals surface area contributed by atoms with Crippen molar-refractivity contribution < 1.29 is 27.2 Å². The summed E-state index contributed by atoms with van der Waals surface area (Å²) in [6.45, 7) is 0.184. The Hall–Kier alpha value is -2.70. The zero-order chi connectivity index (χ0) is 24.1. The second-order valence-electron chi connectivity index (χ2n) is 8.28. The van der Waals surface area contributed by atoms with Crippen LogP contribution in [0.1, 0.15) is 39.3 Å². The molecular weight excluding hydrogens is 478 g/mol. The van der Waals surface area contributed by atoms with Gasteiger partial charge in [0.15, 0.2) is 0 Å². The van der Waals surface area contributed by atoms with Crippen LogP contribution in [0.25, 0.3) is 0 Å². The number of aromatic nitrogens is 2. The summed E-state index contributed by atoms with van der Waals surface area (Å²) in [6.07, 6.45) is 3.65. The highest BCUT2D eigenvalue weighted by atomic mass is 32.2. The lowest BCUT2D eigenvalue weighted by Crippen LogP contribution is -2.24. The lowest BCUT2D eigenvalue weighted by molar-refractivity contribution is 0.100. The van der Waals surface area contributed by atoms with Crippen LogP contribution in [0.2, 0.25) is 0 Å². The Balaban J connectivity index is 1.40. The molecule has 1 saturated carbocycles. The molecule has 1 aliphatic carbocycles. The van der Waals surface area contributed by atoms with Gasteiger partial charge in [0.1, 0.15) is 18.7 Å². The molecule has 3 N–H and O–H groups in total. The number of aliphatic hydroxyl groups is 1. The third kappa shape index (κ3) is 6.45. The summed E-state index contributed by atoms with van der Waals surface area (Å²) in [4.78, 5) is 22.1. The van der Waals surface area contributed by atoms with E-state index in [1.807, 2.05) is 41.8 Å². The molecule has 0 amide bonds. The number of carbonyl (C=O) groups is 1. The molecule has 1 aliphatic rings. The minimum absolute atomic E-state index is 0.0173. The van der Waals surface area contributed by atoms with Crippen molar-refractivity contribution in [2.24, 2.45) is 17.0 Å². The van der Waals surface area contributed by atoms with E-state index >= 15 is 0 Å². The van der Waals surface area contributed by atoms with Gasteiger partial charge in [-0.15, -0.1) is 11.3 Å². The van der Waals surface area contributed by atoms with Crippen LogP contribution in [0.4, 0.5) is 0 Å². The summed E-state index contributed by atoms with van der Waals surface area (Å²) >= 11 is 1.34. The van der Waals surface area contributed by atoms with Gasteiger partial charge in [-0.3, -0.25) is 8.98 Å². The van der Waals surface area contributed by atoms with Crippen molar-refractivity contribution in [3.8, 4) is 5.75 Å². The Bertz CT molecular complexity index is 1230. The van der Waals surface area contributed by atoms with E-state index in [0.717, 1.165) is 11.3 Å². The molecular formula is C23H25N3O6S2. The minimum atomic E-state index is -4.06. The predicted molar refractivity (Wildman–Crippen MR) is 126 cm³/mol. The summed E-state index contributed by atoms with van der Waals surface area (Å²) in [5.74, 6) is 0.253. The third-order valence-electron chi connectivity index (χ3n) is 5.75. The van der Waals surface area contributed by atoms with Crippen molar-refractivity contribution in [3.63, 3.8) is 0 Å². The highest BCUT2D eigenvalue weighted by molar-refractivity contribution is 7.84. The first-order valence-corrected chi connectivity index (χ1v) is 13.1. The number of para-hydroxylation sites is 1. The number of carbonyl (C=O) groups excluding carboxylic acids is 1. The van der Waals surface area contributed by atoms with E-state index in [0.29, 0.717) is 42.0 Å². The Labute approximate surface area is 201 Å². The number of ether oxygens (including phenoxy) is 1. The number of benzene rings is 1. The summed E-state index contributed by atoms with van der Waals surface area (Å²) in [5, 5.41) is 17.1. The average molecular weight is 504 g/mol. The van der Waals surface area contributed by atoms with Crippen LogP contribution < -0.4 is 9.88 Å². The molecule has 0 radical (unpaired) electrons. The number of thiophene rings is 1. The molecule has 0 saturated heterocycles. The molecule has 0 spiro atoms. The van der Waals surface area contributed by atoms with E-state index in [2.05, 4.69) is 14.2 Å². The lowest BCUT2D eigenvalue weighted by Gasteiger charge is -2.13. The molecule has 3 atom stereocenters. The third-order valence-corrected chi connectivity index (χ3v) is 7.19. The first-order chi connectivity index (χ1) is 16.3. The fourth-order valence-corrected chi connectivity index (χ4v) is 5.33. The molecule has 9 nitrogen and oxygen atoms in total. The second-order valence-corrected chi connectivity index (χ2v) is 10.4. The highest BCUT2D eigenvalue weighted by Crippen LogP contribution is 2.34. The van der Waals surface area contributed by atoms with Crippen molar-refractivity contribution in [2.45, 2.75) is 32.0 Å². The fourth-order valence-electron chi connectivity index (χ4n) is 4.11. The number of nitrogens with zero attached hydrogens (tertiary/aromatic N) is 2. The van der Waals surface area contributed by atoms with E-state index in [4.69, 9.17) is 9.88 Å². The summed E-state index contributed by atoms with van der Waals surface area (Å²) < 4.78 is 32.5. The lowest BCUT2D eigenvalue weighted by atomic mass is 9.96. The minimum Gasteiger partial charge on any atom is -0.489 e. The fraction of sp³-hybridized carbons (Fsp3) is 0.348. The molecule has 1 aromatic carbocycles. The highest BCUT2D eigenvalue weighted by Gasteiger charge is 2.35. The van der Waals surface area contributed by atoms with E-state index < -0.39 is 16.4 Å². The molecule has 0 unspecified atom stereocenters. The molecule has 2 heterocycles. The van der Waals surface area contributed by atoms with Crippen LogP contribution in [-0.2, 0) is 27.5 Å². The Morgan fingerprint density at radius 2 is 2.03 bits per heavy atom. The maximum Gasteiger partial charge on any atom is 0.333 e. The van der Waals surface area contributed by atoms with Crippen molar-refractivity contribution >= 4 is 27.4 Å². The number of hydrogen-bond donors (Lipinski definition) is 2. The van der Waals surface area contributed by atoms with Gasteiger partial charge in [0.2, 0.25) is 5.78 Å². The Morgan fingerprint density at radius 1 is 1.24 bits per heavy atom. The van der Waals surface area contributed by atoms with Crippen LogP contribution in [0, 0.1) is 11.8 Å². The van der Waals surface area contributed by atoms with Gasteiger partial charge in [-0.2, -0.15) is 8.42 Å². The quantitative estimate of drug-likeness (QED) is 0.402. The second kappa shape index (κ2) is 10.7. The number of nitrogens with two attached hydrogens (primary N) is 1. The normalized spacial score (nSPS) is 20.4. The van der Waals surface area contributed by atoms with E-state index in [1.165, 1.54) is 23.9 Å². The SMILES string of the molecule is NS(=O)(=O)OC[C@H]1C[C@@H](Cc2ncncc2C(=O)c2cc(COc3ccccc3)cs2)C[C@@H]1O. The maximum atomic E-state index is 13.2. The van der Waals surface area contributed by atoms with Gasteiger partial charge < -0.3 is 9.84 Å². The Morgan fingerprint density at radius 3 is 2.79 bits per heavy atom. The van der Waals surface area contributed by atoms with Crippen molar-refractivity contribution in [1.82, 2.24) is 9.97 Å². The zero-order valence-corrected chi connectivity index (χ0v) is 19.9. The molecule has 3 aromatic rings. The van der Waals surface area contributed by atoms with Crippen LogP contribution in [0.3, 0.4) is 0 Å². The molecule has 2 aromatic heterocycles. The van der Waals surface area contributed by atoms with E-state index in [9.17, 15) is 18.3 Å². The van der Waals surface area contributed by atoms with Crippen molar-refractivity contribution in [2.75, 3.05) is 6.61 Å². The van der Waals surface area contributed by atoms with E-state index in [1.54, 1.807) is 0 Å². The number of ketones is 1. The molecule has 180 valence electrons. The average Bonchev–Trinajstić information content (AvgIpc) is 3.43. The summed E-state index contributed by atoms with van der Waals surface area (Å²) in [6, 6.07) is 11.3. The largest absolute Gasteiger partial charge is 0.489 e. The zero-order valence-electron chi connectivity index (χ0n) is 18.2. The van der Waals surface area contributed by atoms with Gasteiger partial charge in [-0.25, -0.2) is 15.1 Å². The van der Waals surface area contributed by atoms with Gasteiger partial charge in [0.05, 0.1) is 28.8 Å². The number of aliphatic hydroxyl groups excluding tert-OH is 1. The number of hydrogen-bond acceptors (Lipinski definition) is 9. The smallest absolute Gasteiger partial charge is 0.333 e. The van der Waals surface area contributed by atoms with Crippen molar-refractivity contribution in [1.29, 1.82) is 0 Å². The standard InChI is InChI=1S/C23H25N3O6S2/c24-34(29,30)32-12-17-6-15(8-21(17)27)7-20-19(10-25-14-26-20)23(28)22-9-16(13-33-22)11-31-18-4-2-1-3-5-18/h1-5,9-10,13-15,17,21,27H,6-8,11-12H2,(H2,24,29,30)/t15-,17+,21-/m0/s1.